The van der Waals surface area contributed by atoms with E-state index in [9.17, 15) is 10.1 Å². The smallest absolute Gasteiger partial charge is 0.227 e. The van der Waals surface area contributed by atoms with E-state index in [4.69, 9.17) is 0 Å². The third-order valence-corrected chi connectivity index (χ3v) is 7.35. The normalized spacial score (nSPS) is 20.0. The second-order valence-electron chi connectivity index (χ2n) is 6.02. The van der Waals surface area contributed by atoms with Crippen molar-refractivity contribution in [3.05, 3.63) is 52.1 Å². The van der Waals surface area contributed by atoms with Gasteiger partial charge in [0.05, 0.1) is 34.0 Å². The Hall–Kier alpha value is -2.76. The van der Waals surface area contributed by atoms with Crippen LogP contribution in [0.1, 0.15) is 23.2 Å². The fraction of sp³-hybridized carbons (Fsp3) is 0.167. The molecule has 3 aliphatic rings. The maximum Gasteiger partial charge on any atom is 0.227 e. The number of nitrogens with one attached hydrogen (secondary N) is 1. The van der Waals surface area contributed by atoms with Crippen LogP contribution >= 0.6 is 21.8 Å². The average molecular weight is 379 g/mol. The van der Waals surface area contributed by atoms with Gasteiger partial charge in [-0.25, -0.2) is 4.99 Å². The van der Waals surface area contributed by atoms with E-state index in [1.807, 2.05) is 27.8 Å². The van der Waals surface area contributed by atoms with Crippen LogP contribution in [-0.4, -0.2) is 27.5 Å². The van der Waals surface area contributed by atoms with Crippen molar-refractivity contribution in [3.63, 3.8) is 0 Å². The Morgan fingerprint density at radius 1 is 1.42 bits per heavy atom. The molecule has 5 heterocycles. The zero-order chi connectivity index (χ0) is 17.7. The van der Waals surface area contributed by atoms with Gasteiger partial charge in [-0.2, -0.15) is 5.26 Å². The van der Waals surface area contributed by atoms with Crippen LogP contribution in [0, 0.1) is 11.3 Å². The number of rotatable bonds is 2. The van der Waals surface area contributed by atoms with Crippen LogP contribution in [0.15, 0.2) is 40.3 Å². The van der Waals surface area contributed by atoms with Crippen molar-refractivity contribution in [2.45, 2.75) is 12.8 Å². The Morgan fingerprint density at radius 3 is 3.23 bits per heavy atom. The zero-order valence-corrected chi connectivity index (χ0v) is 15.2. The Balaban J connectivity index is 1.56. The molecular weight excluding hydrogens is 366 g/mol. The number of anilines is 2. The molecule has 1 atom stereocenters. The summed E-state index contributed by atoms with van der Waals surface area (Å²) in [5.74, 6) is 0.111. The largest absolute Gasteiger partial charge is 0.343 e. The Morgan fingerprint density at radius 2 is 2.35 bits per heavy atom. The second kappa shape index (κ2) is 5.90. The maximum absolute atomic E-state index is 12.6. The molecule has 8 heteroatoms. The van der Waals surface area contributed by atoms with Gasteiger partial charge >= 0.3 is 0 Å². The fourth-order valence-corrected chi connectivity index (χ4v) is 6.21. The average Bonchev–Trinajstić information content (AvgIpc) is 3.30. The number of nitrogens with zero attached hydrogens (tertiary/aromatic N) is 4. The van der Waals surface area contributed by atoms with Gasteiger partial charge in [0.2, 0.25) is 5.91 Å². The number of fused-ring (bicyclic) bond motifs is 4. The fourth-order valence-electron chi connectivity index (χ4n) is 3.37. The molecule has 26 heavy (non-hydrogen) atoms. The highest BCUT2D eigenvalue weighted by Gasteiger charge is 2.31. The van der Waals surface area contributed by atoms with Gasteiger partial charge < -0.3 is 10.2 Å². The van der Waals surface area contributed by atoms with Gasteiger partial charge in [-0.05, 0) is 17.5 Å². The highest BCUT2D eigenvalue weighted by Crippen LogP contribution is 2.42. The summed E-state index contributed by atoms with van der Waals surface area (Å²) in [4.78, 5) is 24.4. The van der Waals surface area contributed by atoms with Gasteiger partial charge in [0.15, 0.2) is 0 Å². The molecule has 0 aliphatic carbocycles. The number of aromatic nitrogens is 1. The summed E-state index contributed by atoms with van der Waals surface area (Å²) in [5, 5.41) is 18.6. The predicted octanol–water partition coefficient (Wildman–Crippen LogP) is 3.05. The first-order chi connectivity index (χ1) is 12.8. The van der Waals surface area contributed by atoms with Crippen LogP contribution in [-0.2, 0) is 11.2 Å². The van der Waals surface area contributed by atoms with E-state index in [0.29, 0.717) is 24.9 Å². The number of hydrogen-bond acceptors (Lipinski definition) is 6. The quantitative estimate of drug-likeness (QED) is 0.813. The molecule has 128 valence electrons. The monoisotopic (exact) mass is 379 g/mol. The number of carbonyl (C=O) groups is 1. The first-order valence-electron chi connectivity index (χ1n) is 8.13. The summed E-state index contributed by atoms with van der Waals surface area (Å²) >= 11 is 1.50. The minimum absolute atomic E-state index is 0.111. The zero-order valence-electron chi connectivity index (χ0n) is 13.6. The lowest BCUT2D eigenvalue weighted by Gasteiger charge is -2.31. The summed E-state index contributed by atoms with van der Waals surface area (Å²) in [6.07, 6.45) is 4.73. The van der Waals surface area contributed by atoms with Gasteiger partial charge in [-0.1, -0.05) is 10.5 Å². The molecule has 0 aromatic carbocycles. The number of aliphatic imine (C=N–C) groups is 1. The molecule has 0 radical (unpaired) electrons. The molecular formula is C18H13N5OS2. The molecule has 1 unspecified atom stereocenters. The van der Waals surface area contributed by atoms with Crippen molar-refractivity contribution in [2.24, 2.45) is 4.99 Å². The van der Waals surface area contributed by atoms with Crippen LogP contribution in [0.3, 0.4) is 0 Å². The topological polar surface area (TPSA) is 81.4 Å². The summed E-state index contributed by atoms with van der Waals surface area (Å²) in [6.45, 7) is 0.475. The van der Waals surface area contributed by atoms with E-state index >= 15 is 0 Å². The van der Waals surface area contributed by atoms with Crippen LogP contribution in [0.25, 0.3) is 0 Å². The number of aryl methyl sites for hydroxylation is 1. The molecule has 0 spiro atoms. The predicted molar refractivity (Wildman–Crippen MR) is 106 cm³/mol. The number of pyridine rings is 1. The first kappa shape index (κ1) is 15.5. The van der Waals surface area contributed by atoms with Crippen molar-refractivity contribution < 1.29 is 4.79 Å². The Bertz CT molecular complexity index is 1090. The van der Waals surface area contributed by atoms with E-state index < -0.39 is 0 Å². The third-order valence-electron chi connectivity index (χ3n) is 4.58. The molecule has 0 saturated carbocycles. The van der Waals surface area contributed by atoms with Crippen molar-refractivity contribution >= 4 is 48.4 Å². The van der Waals surface area contributed by atoms with Crippen LogP contribution in [0.4, 0.5) is 10.7 Å². The number of hydrogen-bond donors (Lipinski definition) is 1. The van der Waals surface area contributed by atoms with Gasteiger partial charge in [-0.3, -0.25) is 9.78 Å². The van der Waals surface area contributed by atoms with Gasteiger partial charge in [0.25, 0.3) is 0 Å². The summed E-state index contributed by atoms with van der Waals surface area (Å²) < 4.78 is 0. The number of thiophene rings is 1. The SMILES string of the molecule is N#Cc1csc2c1C1=NC=CS1=C(CN1C(=O)CCc3ncccc31)N2. The van der Waals surface area contributed by atoms with Gasteiger partial charge in [0.1, 0.15) is 16.1 Å². The van der Waals surface area contributed by atoms with Crippen molar-refractivity contribution in [1.29, 1.82) is 5.26 Å². The summed E-state index contributed by atoms with van der Waals surface area (Å²) in [6, 6.07) is 6.07. The molecule has 2 aromatic heterocycles. The van der Waals surface area contributed by atoms with Crippen molar-refractivity contribution in [3.8, 4) is 6.07 Å². The number of carbonyl (C=O) groups excluding carboxylic acids is 1. The standard InChI is InChI=1S/C18H13N5OS2/c19-8-11-10-25-17-16(11)18-21-6-7-26(18)14(22-17)9-23-13-2-1-5-20-12(13)3-4-15(23)24/h1-2,5-7,10,22H,3-4,9H2. The lowest BCUT2D eigenvalue weighted by atomic mass is 10.1. The van der Waals surface area contributed by atoms with Gasteiger partial charge in [-0.15, -0.1) is 11.3 Å². The molecule has 0 bridgehead atoms. The van der Waals surface area contributed by atoms with E-state index in [-0.39, 0.29) is 16.4 Å². The lowest BCUT2D eigenvalue weighted by molar-refractivity contribution is -0.118. The van der Waals surface area contributed by atoms with Crippen LogP contribution in [0.2, 0.25) is 0 Å². The van der Waals surface area contributed by atoms with E-state index in [0.717, 1.165) is 32.0 Å². The maximum atomic E-state index is 12.6. The Kier molecular flexibility index (Phi) is 3.51. The molecule has 0 saturated heterocycles. The highest BCUT2D eigenvalue weighted by molar-refractivity contribution is 8.31. The molecule has 6 nitrogen and oxygen atoms in total. The summed E-state index contributed by atoms with van der Waals surface area (Å²) in [5.41, 5.74) is 3.41. The molecule has 3 aliphatic heterocycles. The molecule has 1 N–H and O–H groups in total. The summed E-state index contributed by atoms with van der Waals surface area (Å²) in [7, 11) is -0.352. The van der Waals surface area contributed by atoms with Crippen molar-refractivity contribution in [2.75, 3.05) is 16.8 Å². The minimum atomic E-state index is -0.352. The van der Waals surface area contributed by atoms with Crippen LogP contribution in [0.5, 0.6) is 0 Å². The molecule has 0 fully saturated rings. The van der Waals surface area contributed by atoms with Crippen LogP contribution < -0.4 is 10.2 Å². The molecule has 5 rings (SSSR count). The second-order valence-corrected chi connectivity index (χ2v) is 8.73. The minimum Gasteiger partial charge on any atom is -0.343 e. The van der Waals surface area contributed by atoms with Crippen molar-refractivity contribution in [1.82, 2.24) is 4.98 Å². The lowest BCUT2D eigenvalue weighted by Crippen LogP contribution is -2.42. The van der Waals surface area contributed by atoms with E-state index in [2.05, 4.69) is 21.4 Å². The van der Waals surface area contributed by atoms with E-state index in [1.165, 1.54) is 11.3 Å². The Labute approximate surface area is 156 Å². The third kappa shape index (κ3) is 2.25. The molecule has 1 amide bonds. The van der Waals surface area contributed by atoms with E-state index in [1.54, 1.807) is 12.4 Å². The molecule has 2 aromatic rings. The van der Waals surface area contributed by atoms with Gasteiger partial charge in [0, 0.05) is 30.6 Å². The number of amides is 1. The highest BCUT2D eigenvalue weighted by atomic mass is 32.2. The number of nitriles is 1. The first-order valence-corrected chi connectivity index (χ1v) is 10.3.